The molecule has 0 aromatic heterocycles. The SMILES string of the molecule is CCCNCCCc1ccc(OC(C)(C)C(=O)OCC)cc1. The first kappa shape index (κ1) is 18.5. The molecule has 0 heterocycles. The van der Waals surface area contributed by atoms with Gasteiger partial charge >= 0.3 is 5.97 Å². The van der Waals surface area contributed by atoms with Gasteiger partial charge < -0.3 is 14.8 Å². The van der Waals surface area contributed by atoms with E-state index in [9.17, 15) is 4.79 Å². The van der Waals surface area contributed by atoms with Gasteiger partial charge in [0.25, 0.3) is 0 Å². The summed E-state index contributed by atoms with van der Waals surface area (Å²) >= 11 is 0. The lowest BCUT2D eigenvalue weighted by Gasteiger charge is -2.24. The predicted octanol–water partition coefficient (Wildman–Crippen LogP) is 3.34. The summed E-state index contributed by atoms with van der Waals surface area (Å²) in [4.78, 5) is 11.8. The van der Waals surface area contributed by atoms with Crippen molar-refractivity contribution in [2.75, 3.05) is 19.7 Å². The zero-order valence-electron chi connectivity index (χ0n) is 14.3. The highest BCUT2D eigenvalue weighted by Crippen LogP contribution is 2.20. The van der Waals surface area contributed by atoms with Gasteiger partial charge in [-0.05, 0) is 70.8 Å². The van der Waals surface area contributed by atoms with Crippen LogP contribution in [0.2, 0.25) is 0 Å². The van der Waals surface area contributed by atoms with Crippen LogP contribution in [0, 0.1) is 0 Å². The third-order valence-electron chi connectivity index (χ3n) is 3.31. The molecule has 124 valence electrons. The van der Waals surface area contributed by atoms with Crippen molar-refractivity contribution in [1.82, 2.24) is 5.32 Å². The van der Waals surface area contributed by atoms with E-state index in [0.29, 0.717) is 12.4 Å². The Kier molecular flexibility index (Phi) is 7.96. The summed E-state index contributed by atoms with van der Waals surface area (Å²) in [5, 5.41) is 3.40. The van der Waals surface area contributed by atoms with Crippen LogP contribution in [0.1, 0.15) is 46.1 Å². The molecule has 0 atom stereocenters. The summed E-state index contributed by atoms with van der Waals surface area (Å²) in [6.45, 7) is 9.88. The fourth-order valence-corrected chi connectivity index (χ4v) is 2.08. The maximum Gasteiger partial charge on any atom is 0.349 e. The second-order valence-electron chi connectivity index (χ2n) is 5.83. The Hall–Kier alpha value is -1.55. The van der Waals surface area contributed by atoms with Gasteiger partial charge in [0.15, 0.2) is 5.60 Å². The Labute approximate surface area is 134 Å². The summed E-state index contributed by atoms with van der Waals surface area (Å²) in [5.41, 5.74) is 0.307. The van der Waals surface area contributed by atoms with E-state index < -0.39 is 5.60 Å². The van der Waals surface area contributed by atoms with Gasteiger partial charge in [-0.15, -0.1) is 0 Å². The van der Waals surface area contributed by atoms with Gasteiger partial charge in [0, 0.05) is 0 Å². The van der Waals surface area contributed by atoms with Gasteiger partial charge in [0.1, 0.15) is 5.75 Å². The second-order valence-corrected chi connectivity index (χ2v) is 5.83. The first-order valence-corrected chi connectivity index (χ1v) is 8.15. The molecular weight excluding hydrogens is 278 g/mol. The van der Waals surface area contributed by atoms with Gasteiger partial charge in [-0.1, -0.05) is 19.1 Å². The summed E-state index contributed by atoms with van der Waals surface area (Å²) < 4.78 is 10.8. The minimum atomic E-state index is -0.971. The minimum Gasteiger partial charge on any atom is -0.476 e. The Morgan fingerprint density at radius 1 is 1.14 bits per heavy atom. The summed E-state index contributed by atoms with van der Waals surface area (Å²) in [5.74, 6) is 0.340. The van der Waals surface area contributed by atoms with Crippen LogP contribution in [-0.4, -0.2) is 31.3 Å². The predicted molar refractivity (Wildman–Crippen MR) is 89.3 cm³/mol. The van der Waals surface area contributed by atoms with Crippen LogP contribution in [0.4, 0.5) is 0 Å². The molecule has 0 aliphatic rings. The molecule has 0 amide bonds. The lowest BCUT2D eigenvalue weighted by molar-refractivity contribution is -0.158. The number of aryl methyl sites for hydroxylation is 1. The zero-order chi connectivity index (χ0) is 16.4. The maximum atomic E-state index is 11.8. The first-order valence-electron chi connectivity index (χ1n) is 8.15. The molecule has 1 N–H and O–H groups in total. The van der Waals surface area contributed by atoms with Gasteiger partial charge in [-0.25, -0.2) is 4.79 Å². The first-order chi connectivity index (χ1) is 10.5. The maximum absolute atomic E-state index is 11.8. The number of hydrogen-bond acceptors (Lipinski definition) is 4. The highest BCUT2D eigenvalue weighted by molar-refractivity contribution is 5.79. The molecule has 0 radical (unpaired) electrons. The number of carbonyl (C=O) groups is 1. The highest BCUT2D eigenvalue weighted by atomic mass is 16.6. The Bertz CT molecular complexity index is 440. The molecule has 0 bridgehead atoms. The van der Waals surface area contributed by atoms with Crippen LogP contribution >= 0.6 is 0 Å². The minimum absolute atomic E-state index is 0.346. The fraction of sp³-hybridized carbons (Fsp3) is 0.611. The lowest BCUT2D eigenvalue weighted by atomic mass is 10.1. The third-order valence-corrected chi connectivity index (χ3v) is 3.31. The lowest BCUT2D eigenvalue weighted by Crippen LogP contribution is -2.39. The Morgan fingerprint density at radius 2 is 1.82 bits per heavy atom. The van der Waals surface area contributed by atoms with E-state index in [2.05, 4.69) is 24.4 Å². The smallest absolute Gasteiger partial charge is 0.349 e. The third kappa shape index (κ3) is 6.48. The topological polar surface area (TPSA) is 47.6 Å². The molecule has 0 fully saturated rings. The molecule has 0 spiro atoms. The molecule has 1 aromatic carbocycles. The monoisotopic (exact) mass is 307 g/mol. The van der Waals surface area contributed by atoms with Gasteiger partial charge in [0.2, 0.25) is 0 Å². The average Bonchev–Trinajstić information content (AvgIpc) is 2.48. The Morgan fingerprint density at radius 3 is 2.41 bits per heavy atom. The molecule has 22 heavy (non-hydrogen) atoms. The van der Waals surface area contributed by atoms with Crippen LogP contribution in [0.5, 0.6) is 5.75 Å². The largest absolute Gasteiger partial charge is 0.476 e. The molecule has 4 heteroatoms. The molecule has 1 rings (SSSR count). The van der Waals surface area contributed by atoms with Crippen LogP contribution in [0.3, 0.4) is 0 Å². The van der Waals surface area contributed by atoms with Crippen molar-refractivity contribution in [2.24, 2.45) is 0 Å². The van der Waals surface area contributed by atoms with Crippen molar-refractivity contribution < 1.29 is 14.3 Å². The van der Waals surface area contributed by atoms with E-state index in [1.165, 1.54) is 12.0 Å². The van der Waals surface area contributed by atoms with Crippen LogP contribution in [-0.2, 0) is 16.0 Å². The van der Waals surface area contributed by atoms with Crippen molar-refractivity contribution in [2.45, 2.75) is 52.6 Å². The number of ether oxygens (including phenoxy) is 2. The molecule has 1 aromatic rings. The molecule has 0 unspecified atom stereocenters. The zero-order valence-corrected chi connectivity index (χ0v) is 14.3. The molecule has 4 nitrogen and oxygen atoms in total. The molecule has 0 aliphatic heterocycles. The number of rotatable bonds is 10. The summed E-state index contributed by atoms with van der Waals surface area (Å²) in [6, 6.07) is 7.93. The number of benzene rings is 1. The van der Waals surface area contributed by atoms with Gasteiger partial charge in [-0.3, -0.25) is 0 Å². The quantitative estimate of drug-likeness (QED) is 0.532. The van der Waals surface area contributed by atoms with Crippen molar-refractivity contribution in [3.8, 4) is 5.75 Å². The summed E-state index contributed by atoms with van der Waals surface area (Å²) in [7, 11) is 0. The van der Waals surface area contributed by atoms with Crippen molar-refractivity contribution >= 4 is 5.97 Å². The van der Waals surface area contributed by atoms with E-state index in [1.807, 2.05) is 12.1 Å². The standard InChI is InChI=1S/C18H29NO3/c1-5-13-19-14-7-8-15-9-11-16(12-10-15)22-18(3,4)17(20)21-6-2/h9-12,19H,5-8,13-14H2,1-4H3. The molecule has 0 saturated carbocycles. The van der Waals surface area contributed by atoms with Gasteiger partial charge in [-0.2, -0.15) is 0 Å². The van der Waals surface area contributed by atoms with Crippen LogP contribution in [0.15, 0.2) is 24.3 Å². The number of esters is 1. The van der Waals surface area contributed by atoms with Crippen molar-refractivity contribution in [1.29, 1.82) is 0 Å². The summed E-state index contributed by atoms with van der Waals surface area (Å²) in [6.07, 6.45) is 3.33. The molecular formula is C18H29NO3. The Balaban J connectivity index is 2.45. The molecule has 0 aliphatic carbocycles. The van der Waals surface area contributed by atoms with E-state index in [0.717, 1.165) is 25.9 Å². The number of hydrogen-bond donors (Lipinski definition) is 1. The van der Waals surface area contributed by atoms with E-state index in [-0.39, 0.29) is 5.97 Å². The number of carbonyl (C=O) groups excluding carboxylic acids is 1. The van der Waals surface area contributed by atoms with Crippen LogP contribution in [0.25, 0.3) is 0 Å². The van der Waals surface area contributed by atoms with Crippen LogP contribution < -0.4 is 10.1 Å². The van der Waals surface area contributed by atoms with E-state index in [4.69, 9.17) is 9.47 Å². The average molecular weight is 307 g/mol. The molecule has 0 saturated heterocycles. The normalized spacial score (nSPS) is 11.3. The second kappa shape index (κ2) is 9.46. The highest BCUT2D eigenvalue weighted by Gasteiger charge is 2.31. The fourth-order valence-electron chi connectivity index (χ4n) is 2.08. The van der Waals surface area contributed by atoms with Crippen molar-refractivity contribution in [3.63, 3.8) is 0 Å². The van der Waals surface area contributed by atoms with Gasteiger partial charge in [0.05, 0.1) is 6.61 Å². The number of nitrogens with one attached hydrogen (secondary N) is 1. The van der Waals surface area contributed by atoms with E-state index >= 15 is 0 Å². The van der Waals surface area contributed by atoms with Crippen molar-refractivity contribution in [3.05, 3.63) is 29.8 Å². The van der Waals surface area contributed by atoms with E-state index in [1.54, 1.807) is 20.8 Å².